The summed E-state index contributed by atoms with van der Waals surface area (Å²) in [6, 6.07) is 2.36. The monoisotopic (exact) mass is 295 g/mol. The number of thiol groups is 1. The molecule has 0 radical (unpaired) electrons. The van der Waals surface area contributed by atoms with Crippen molar-refractivity contribution in [2.75, 3.05) is 0 Å². The van der Waals surface area contributed by atoms with Crippen LogP contribution in [0, 0.1) is 10.1 Å². The molecule has 0 spiro atoms. The zero-order chi connectivity index (χ0) is 11.6. The summed E-state index contributed by atoms with van der Waals surface area (Å²) in [5, 5.41) is 19.8. The summed E-state index contributed by atoms with van der Waals surface area (Å²) >= 11 is 2.90. The molecule has 1 aromatic rings. The van der Waals surface area contributed by atoms with Crippen LogP contribution in [0.15, 0.2) is 16.6 Å². The van der Waals surface area contributed by atoms with Gasteiger partial charge in [0, 0.05) is 6.07 Å². The van der Waals surface area contributed by atoms with E-state index in [-0.39, 0.29) is 15.8 Å². The Morgan fingerprint density at radius 2 is 2.07 bits per heavy atom. The standard InChI is InChI=1S/C7H6BrNO5S/c8-5-1-4(3-15(13)14)2-6(7(5)10)9(11)12/h1-2,10,15H,3H2. The van der Waals surface area contributed by atoms with Gasteiger partial charge in [-0.2, -0.15) is 0 Å². The summed E-state index contributed by atoms with van der Waals surface area (Å²) in [5.41, 5.74) is -0.265. The fourth-order valence-corrected chi connectivity index (χ4v) is 2.00. The van der Waals surface area contributed by atoms with Crippen LogP contribution < -0.4 is 0 Å². The molecule has 0 amide bonds. The zero-order valence-electron chi connectivity index (χ0n) is 7.21. The van der Waals surface area contributed by atoms with Crippen LogP contribution in [0.25, 0.3) is 0 Å². The van der Waals surface area contributed by atoms with Gasteiger partial charge in [-0.25, -0.2) is 8.42 Å². The first kappa shape index (κ1) is 11.9. The number of aromatic hydroxyl groups is 1. The molecule has 0 aliphatic carbocycles. The number of phenolic OH excluding ortho intramolecular Hbond substituents is 1. The van der Waals surface area contributed by atoms with Crippen LogP contribution in [-0.4, -0.2) is 18.4 Å². The third-order valence-electron chi connectivity index (χ3n) is 1.61. The molecule has 1 N–H and O–H groups in total. The van der Waals surface area contributed by atoms with Crippen molar-refractivity contribution in [1.82, 2.24) is 0 Å². The Balaban J connectivity index is 3.29. The molecule has 0 aliphatic heterocycles. The van der Waals surface area contributed by atoms with E-state index in [1.54, 1.807) is 0 Å². The number of hydrogen-bond donors (Lipinski definition) is 2. The first-order valence-electron chi connectivity index (χ1n) is 3.69. The van der Waals surface area contributed by atoms with Crippen molar-refractivity contribution in [3.8, 4) is 5.75 Å². The molecule has 0 fully saturated rings. The molecule has 0 saturated carbocycles. The van der Waals surface area contributed by atoms with E-state index in [4.69, 9.17) is 0 Å². The number of phenols is 1. The van der Waals surface area contributed by atoms with E-state index in [1.807, 2.05) is 0 Å². The molecular weight excluding hydrogens is 290 g/mol. The number of hydrogen-bond acceptors (Lipinski definition) is 5. The molecule has 82 valence electrons. The van der Waals surface area contributed by atoms with Crippen molar-refractivity contribution in [2.24, 2.45) is 0 Å². The second-order valence-corrected chi connectivity index (χ2v) is 4.53. The van der Waals surface area contributed by atoms with E-state index in [9.17, 15) is 23.6 Å². The molecule has 0 heterocycles. The van der Waals surface area contributed by atoms with Gasteiger partial charge in [0.1, 0.15) is 10.7 Å². The Kier molecular flexibility index (Phi) is 3.64. The maximum Gasteiger partial charge on any atom is 0.312 e. The van der Waals surface area contributed by atoms with Crippen LogP contribution in [0.3, 0.4) is 0 Å². The molecule has 15 heavy (non-hydrogen) atoms. The van der Waals surface area contributed by atoms with Gasteiger partial charge in [-0.05, 0) is 27.6 Å². The van der Waals surface area contributed by atoms with E-state index < -0.39 is 27.1 Å². The van der Waals surface area contributed by atoms with Crippen molar-refractivity contribution in [1.29, 1.82) is 0 Å². The highest BCUT2D eigenvalue weighted by atomic mass is 79.9. The Morgan fingerprint density at radius 3 is 2.53 bits per heavy atom. The average molecular weight is 296 g/mol. The highest BCUT2D eigenvalue weighted by Gasteiger charge is 2.17. The summed E-state index contributed by atoms with van der Waals surface area (Å²) in [6.07, 6.45) is 0. The Labute approximate surface area is 94.8 Å². The predicted octanol–water partition coefficient (Wildman–Crippen LogP) is 1.17. The number of nitrogens with zero attached hydrogens (tertiary/aromatic N) is 1. The molecule has 0 saturated heterocycles. The van der Waals surface area contributed by atoms with Gasteiger partial charge >= 0.3 is 5.69 Å². The second kappa shape index (κ2) is 4.58. The topological polar surface area (TPSA) is 97.5 Å². The summed E-state index contributed by atoms with van der Waals surface area (Å²) in [6.45, 7) is 0. The molecule has 8 heteroatoms. The molecule has 6 nitrogen and oxygen atoms in total. The lowest BCUT2D eigenvalue weighted by Gasteiger charge is -2.01. The van der Waals surface area contributed by atoms with Crippen LogP contribution in [-0.2, 0) is 16.5 Å². The lowest BCUT2D eigenvalue weighted by Crippen LogP contribution is -1.93. The fraction of sp³-hybridized carbons (Fsp3) is 0.143. The first-order chi connectivity index (χ1) is 6.91. The molecular formula is C7H6BrNO5S. The smallest absolute Gasteiger partial charge is 0.312 e. The minimum Gasteiger partial charge on any atom is -0.501 e. The SMILES string of the molecule is O=[N+]([O-])c1cc(C[SH](=O)=O)cc(Br)c1O. The lowest BCUT2D eigenvalue weighted by atomic mass is 10.2. The van der Waals surface area contributed by atoms with Crippen LogP contribution in [0.5, 0.6) is 5.75 Å². The number of rotatable bonds is 3. The zero-order valence-corrected chi connectivity index (χ0v) is 9.69. The van der Waals surface area contributed by atoms with Crippen molar-refractivity contribution in [2.45, 2.75) is 5.75 Å². The third-order valence-corrected chi connectivity index (χ3v) is 2.84. The predicted molar refractivity (Wildman–Crippen MR) is 56.5 cm³/mol. The Morgan fingerprint density at radius 1 is 1.47 bits per heavy atom. The van der Waals surface area contributed by atoms with E-state index in [2.05, 4.69) is 15.9 Å². The van der Waals surface area contributed by atoms with Gasteiger partial charge in [-0.1, -0.05) is 0 Å². The lowest BCUT2D eigenvalue weighted by molar-refractivity contribution is -0.386. The van der Waals surface area contributed by atoms with Gasteiger partial charge < -0.3 is 5.11 Å². The second-order valence-electron chi connectivity index (χ2n) is 2.69. The van der Waals surface area contributed by atoms with Gasteiger partial charge in [-0.3, -0.25) is 10.1 Å². The number of nitro benzene ring substituents is 1. The highest BCUT2D eigenvalue weighted by molar-refractivity contribution is 9.10. The van der Waals surface area contributed by atoms with Crippen molar-refractivity contribution in [3.05, 3.63) is 32.3 Å². The number of halogens is 1. The van der Waals surface area contributed by atoms with Crippen LogP contribution >= 0.6 is 15.9 Å². The average Bonchev–Trinajstić information content (AvgIpc) is 2.09. The first-order valence-corrected chi connectivity index (χ1v) is 5.85. The van der Waals surface area contributed by atoms with E-state index in [1.165, 1.54) is 6.07 Å². The molecule has 1 aromatic carbocycles. The minimum absolute atomic E-state index is 0.101. The molecule has 0 aliphatic rings. The van der Waals surface area contributed by atoms with Crippen molar-refractivity contribution >= 4 is 32.3 Å². The summed E-state index contributed by atoms with van der Waals surface area (Å²) < 4.78 is 21.0. The summed E-state index contributed by atoms with van der Waals surface area (Å²) in [7, 11) is -2.66. The van der Waals surface area contributed by atoms with Gasteiger partial charge in [-0.15, -0.1) is 0 Å². The van der Waals surface area contributed by atoms with Crippen LogP contribution in [0.2, 0.25) is 0 Å². The van der Waals surface area contributed by atoms with E-state index >= 15 is 0 Å². The van der Waals surface area contributed by atoms with Gasteiger partial charge in [0.2, 0.25) is 5.75 Å². The van der Waals surface area contributed by atoms with E-state index in [0.717, 1.165) is 6.07 Å². The van der Waals surface area contributed by atoms with Gasteiger partial charge in [0.05, 0.1) is 15.1 Å². The van der Waals surface area contributed by atoms with E-state index in [0.29, 0.717) is 0 Å². The van der Waals surface area contributed by atoms with Crippen molar-refractivity contribution < 1.29 is 18.4 Å². The van der Waals surface area contributed by atoms with Crippen molar-refractivity contribution in [3.63, 3.8) is 0 Å². The normalized spacial score (nSPS) is 10.5. The van der Waals surface area contributed by atoms with Crippen LogP contribution in [0.4, 0.5) is 5.69 Å². The Hall–Kier alpha value is -1.15. The summed E-state index contributed by atoms with van der Waals surface area (Å²) in [4.78, 5) is 9.71. The van der Waals surface area contributed by atoms with Crippen LogP contribution in [0.1, 0.15) is 5.56 Å². The molecule has 0 bridgehead atoms. The fourth-order valence-electron chi connectivity index (χ4n) is 1.02. The van der Waals surface area contributed by atoms with Gasteiger partial charge in [0.25, 0.3) is 0 Å². The molecule has 0 atom stereocenters. The van der Waals surface area contributed by atoms with Gasteiger partial charge in [0.15, 0.2) is 0 Å². The molecule has 0 aromatic heterocycles. The highest BCUT2D eigenvalue weighted by Crippen LogP contribution is 2.35. The minimum atomic E-state index is -2.66. The Bertz CT molecular complexity index is 477. The maximum absolute atomic E-state index is 10.5. The molecule has 0 unspecified atom stereocenters. The maximum atomic E-state index is 10.5. The molecule has 1 rings (SSSR count). The largest absolute Gasteiger partial charge is 0.501 e. The third kappa shape index (κ3) is 2.90. The quantitative estimate of drug-likeness (QED) is 0.496. The number of benzene rings is 1. The summed E-state index contributed by atoms with van der Waals surface area (Å²) in [5.74, 6) is -0.806. The number of nitro groups is 1.